The molecule has 2 rings (SSSR count). The largest absolute Gasteiger partial charge is 0.310 e. The highest BCUT2D eigenvalue weighted by atomic mass is 32.2. The summed E-state index contributed by atoms with van der Waals surface area (Å²) >= 11 is 1.17. The van der Waals surface area contributed by atoms with Gasteiger partial charge in [0, 0.05) is 18.0 Å². The number of carbonyl (C=O) groups excluding carboxylic acids is 1. The van der Waals surface area contributed by atoms with Gasteiger partial charge in [0.2, 0.25) is 5.91 Å². The number of carbonyl (C=O) groups is 1. The summed E-state index contributed by atoms with van der Waals surface area (Å²) in [7, 11) is 1.76. The normalized spacial score (nSPS) is 10.5. The van der Waals surface area contributed by atoms with Gasteiger partial charge in [-0.25, -0.2) is 4.39 Å². The fourth-order valence-electron chi connectivity index (χ4n) is 1.61. The monoisotopic (exact) mass is 279 g/mol. The molecule has 4 nitrogen and oxygen atoms in total. The van der Waals surface area contributed by atoms with Crippen molar-refractivity contribution in [2.45, 2.75) is 11.8 Å². The molecule has 1 amide bonds. The van der Waals surface area contributed by atoms with Crippen molar-refractivity contribution >= 4 is 23.5 Å². The number of hydrogen-bond acceptors (Lipinski definition) is 3. The van der Waals surface area contributed by atoms with Crippen LogP contribution in [0.3, 0.4) is 0 Å². The van der Waals surface area contributed by atoms with Crippen molar-refractivity contribution in [1.82, 2.24) is 9.78 Å². The second-order valence-corrected chi connectivity index (χ2v) is 5.08. The molecule has 19 heavy (non-hydrogen) atoms. The number of anilines is 1. The Bertz CT molecular complexity index is 597. The summed E-state index contributed by atoms with van der Waals surface area (Å²) in [5.74, 6) is 0.301. The van der Waals surface area contributed by atoms with Gasteiger partial charge in [0.05, 0.1) is 11.4 Å². The van der Waals surface area contributed by atoms with Crippen LogP contribution in [0.25, 0.3) is 0 Å². The molecule has 1 aromatic carbocycles. The van der Waals surface area contributed by atoms with Crippen LogP contribution in [0.2, 0.25) is 0 Å². The van der Waals surface area contributed by atoms with Gasteiger partial charge in [-0.2, -0.15) is 5.10 Å². The van der Waals surface area contributed by atoms with Crippen molar-refractivity contribution in [3.63, 3.8) is 0 Å². The molecule has 1 N–H and O–H groups in total. The van der Waals surface area contributed by atoms with E-state index < -0.39 is 0 Å². The lowest BCUT2D eigenvalue weighted by Crippen LogP contribution is -2.16. The minimum Gasteiger partial charge on any atom is -0.310 e. The molecule has 6 heteroatoms. The average molecular weight is 279 g/mol. The van der Waals surface area contributed by atoms with Gasteiger partial charge >= 0.3 is 0 Å². The molecule has 100 valence electrons. The fourth-order valence-corrected chi connectivity index (χ4v) is 2.35. The van der Waals surface area contributed by atoms with Crippen LogP contribution < -0.4 is 5.32 Å². The number of aryl methyl sites for hydroxylation is 2. The third-order valence-electron chi connectivity index (χ3n) is 2.46. The second kappa shape index (κ2) is 5.88. The lowest BCUT2D eigenvalue weighted by molar-refractivity contribution is -0.113. The zero-order valence-electron chi connectivity index (χ0n) is 10.7. The molecule has 0 atom stereocenters. The van der Waals surface area contributed by atoms with E-state index in [0.29, 0.717) is 10.7 Å². The van der Waals surface area contributed by atoms with Crippen molar-refractivity contribution in [3.8, 4) is 0 Å². The Labute approximate surface area is 115 Å². The van der Waals surface area contributed by atoms with Gasteiger partial charge in [0.25, 0.3) is 0 Å². The van der Waals surface area contributed by atoms with Crippen LogP contribution in [0.5, 0.6) is 0 Å². The van der Waals surface area contributed by atoms with Gasteiger partial charge in [0.15, 0.2) is 0 Å². The summed E-state index contributed by atoms with van der Waals surface area (Å²) in [6.45, 7) is 1.85. The molecule has 0 saturated carbocycles. The molecule has 0 radical (unpaired) electrons. The van der Waals surface area contributed by atoms with E-state index in [0.717, 1.165) is 5.69 Å². The number of aromatic nitrogens is 2. The van der Waals surface area contributed by atoms with Crippen LogP contribution in [0.1, 0.15) is 5.69 Å². The average Bonchev–Trinajstić information content (AvgIpc) is 2.67. The minimum absolute atomic E-state index is 0.158. The van der Waals surface area contributed by atoms with Crippen LogP contribution in [0.4, 0.5) is 10.2 Å². The van der Waals surface area contributed by atoms with E-state index in [4.69, 9.17) is 0 Å². The number of hydrogen-bond donors (Lipinski definition) is 1. The Morgan fingerprint density at radius 3 is 2.84 bits per heavy atom. The zero-order chi connectivity index (χ0) is 13.8. The zero-order valence-corrected chi connectivity index (χ0v) is 11.5. The summed E-state index contributed by atoms with van der Waals surface area (Å²) in [6, 6.07) is 8.18. The summed E-state index contributed by atoms with van der Waals surface area (Å²) in [5, 5.41) is 6.87. The van der Waals surface area contributed by atoms with Crippen molar-refractivity contribution in [2.75, 3.05) is 11.1 Å². The molecule has 1 aromatic heterocycles. The van der Waals surface area contributed by atoms with Crippen molar-refractivity contribution in [3.05, 3.63) is 41.8 Å². The van der Waals surface area contributed by atoms with E-state index in [2.05, 4.69) is 10.4 Å². The van der Waals surface area contributed by atoms with Gasteiger partial charge < -0.3 is 5.32 Å². The smallest absolute Gasteiger partial charge is 0.235 e. The number of nitrogens with one attached hydrogen (secondary N) is 1. The third-order valence-corrected chi connectivity index (χ3v) is 3.51. The standard InChI is InChI=1S/C13H14FN3OS/c1-9-7-12(17(2)16-9)15-13(18)8-19-11-6-4-3-5-10(11)14/h3-7H,8H2,1-2H3,(H,15,18). The molecule has 0 bridgehead atoms. The van der Waals surface area contributed by atoms with Gasteiger partial charge in [0.1, 0.15) is 11.6 Å². The summed E-state index contributed by atoms with van der Waals surface area (Å²) in [6.07, 6.45) is 0. The van der Waals surface area contributed by atoms with Gasteiger partial charge in [-0.05, 0) is 19.1 Å². The highest BCUT2D eigenvalue weighted by molar-refractivity contribution is 8.00. The quantitative estimate of drug-likeness (QED) is 0.875. The number of amides is 1. The van der Waals surface area contributed by atoms with E-state index in [1.165, 1.54) is 17.8 Å². The minimum atomic E-state index is -0.309. The molecule has 0 spiro atoms. The van der Waals surface area contributed by atoms with Crippen LogP contribution in [-0.4, -0.2) is 21.4 Å². The predicted octanol–water partition coefficient (Wildman–Crippen LogP) is 2.60. The van der Waals surface area contributed by atoms with Crippen LogP contribution in [-0.2, 0) is 11.8 Å². The molecule has 0 aliphatic rings. The Hall–Kier alpha value is -1.82. The number of halogens is 1. The topological polar surface area (TPSA) is 46.9 Å². The van der Waals surface area contributed by atoms with E-state index in [-0.39, 0.29) is 17.5 Å². The highest BCUT2D eigenvalue weighted by Gasteiger charge is 2.09. The van der Waals surface area contributed by atoms with E-state index in [9.17, 15) is 9.18 Å². The predicted molar refractivity (Wildman–Crippen MR) is 73.7 cm³/mol. The highest BCUT2D eigenvalue weighted by Crippen LogP contribution is 2.21. The van der Waals surface area contributed by atoms with E-state index in [1.54, 1.807) is 36.0 Å². The summed E-state index contributed by atoms with van der Waals surface area (Å²) in [4.78, 5) is 12.2. The molecule has 1 heterocycles. The van der Waals surface area contributed by atoms with E-state index >= 15 is 0 Å². The van der Waals surface area contributed by atoms with Crippen LogP contribution >= 0.6 is 11.8 Å². The van der Waals surface area contributed by atoms with Crippen LogP contribution in [0.15, 0.2) is 35.2 Å². The van der Waals surface area contributed by atoms with E-state index in [1.807, 2.05) is 6.92 Å². The molecule has 0 unspecified atom stereocenters. The molecule has 2 aromatic rings. The molecule has 0 saturated heterocycles. The lowest BCUT2D eigenvalue weighted by atomic mass is 10.3. The maximum atomic E-state index is 13.4. The maximum absolute atomic E-state index is 13.4. The first-order chi connectivity index (χ1) is 9.06. The molecule has 0 fully saturated rings. The van der Waals surface area contributed by atoms with Crippen molar-refractivity contribution in [1.29, 1.82) is 0 Å². The Kier molecular flexibility index (Phi) is 4.21. The van der Waals surface area contributed by atoms with Crippen LogP contribution in [0, 0.1) is 12.7 Å². The second-order valence-electron chi connectivity index (χ2n) is 4.06. The number of thioether (sulfide) groups is 1. The fraction of sp³-hybridized carbons (Fsp3) is 0.231. The lowest BCUT2D eigenvalue weighted by Gasteiger charge is -2.05. The SMILES string of the molecule is Cc1cc(NC(=O)CSc2ccccc2F)n(C)n1. The first kappa shape index (κ1) is 13.6. The molecular weight excluding hydrogens is 265 g/mol. The maximum Gasteiger partial charge on any atom is 0.235 e. The first-order valence-electron chi connectivity index (χ1n) is 5.74. The Morgan fingerprint density at radius 2 is 2.21 bits per heavy atom. The Morgan fingerprint density at radius 1 is 1.47 bits per heavy atom. The molecular formula is C13H14FN3OS. The third kappa shape index (κ3) is 3.57. The summed E-state index contributed by atoms with van der Waals surface area (Å²) < 4.78 is 15.0. The number of rotatable bonds is 4. The van der Waals surface area contributed by atoms with Gasteiger partial charge in [-0.15, -0.1) is 11.8 Å². The van der Waals surface area contributed by atoms with Crippen molar-refractivity contribution in [2.24, 2.45) is 7.05 Å². The molecule has 0 aliphatic heterocycles. The van der Waals surface area contributed by atoms with Gasteiger partial charge in [-0.3, -0.25) is 9.48 Å². The number of benzene rings is 1. The Balaban J connectivity index is 1.92. The van der Waals surface area contributed by atoms with Crippen molar-refractivity contribution < 1.29 is 9.18 Å². The first-order valence-corrected chi connectivity index (χ1v) is 6.72. The molecule has 0 aliphatic carbocycles. The van der Waals surface area contributed by atoms with Gasteiger partial charge in [-0.1, -0.05) is 12.1 Å². The summed E-state index contributed by atoms with van der Waals surface area (Å²) in [5.41, 5.74) is 0.833. The number of nitrogens with zero attached hydrogens (tertiary/aromatic N) is 2.